The summed E-state index contributed by atoms with van der Waals surface area (Å²) in [4.78, 5) is 20.8. The summed E-state index contributed by atoms with van der Waals surface area (Å²) in [6, 6.07) is 0. The average molecular weight is 410 g/mol. The van der Waals surface area contributed by atoms with Crippen LogP contribution in [0.25, 0.3) is 20.4 Å². The summed E-state index contributed by atoms with van der Waals surface area (Å²) in [5.41, 5.74) is 4.12. The van der Waals surface area contributed by atoms with E-state index in [1.54, 1.807) is 17.7 Å². The molecule has 6 nitrogen and oxygen atoms in total. The number of aryl methyl sites for hydroxylation is 1. The molecule has 6 rings (SSSR count). The number of hydrogen-bond donors (Lipinski definition) is 0. The van der Waals surface area contributed by atoms with Crippen molar-refractivity contribution >= 4 is 43.4 Å². The van der Waals surface area contributed by atoms with Gasteiger partial charge in [-0.05, 0) is 56.1 Å². The Bertz CT molecular complexity index is 1050. The Kier molecular flexibility index (Phi) is 4.53. The van der Waals surface area contributed by atoms with Crippen molar-refractivity contribution in [3.8, 4) is 0 Å². The van der Waals surface area contributed by atoms with E-state index in [0.717, 1.165) is 68.4 Å². The topological polar surface area (TPSA) is 54.4 Å². The monoisotopic (exact) mass is 409 g/mol. The number of ether oxygens (including phenoxy) is 1. The molecule has 0 unspecified atom stereocenters. The van der Waals surface area contributed by atoms with Gasteiger partial charge >= 0.3 is 0 Å². The Balaban J connectivity index is 1.57. The van der Waals surface area contributed by atoms with Crippen LogP contribution in [0.1, 0.15) is 43.2 Å². The summed E-state index contributed by atoms with van der Waals surface area (Å²) >= 11 is 1.79. The maximum atomic E-state index is 5.55. The van der Waals surface area contributed by atoms with E-state index in [2.05, 4.69) is 14.8 Å². The van der Waals surface area contributed by atoms with Crippen molar-refractivity contribution in [3.05, 3.63) is 17.5 Å². The lowest BCUT2D eigenvalue weighted by Crippen LogP contribution is -2.36. The minimum Gasteiger partial charge on any atom is -0.378 e. The van der Waals surface area contributed by atoms with Crippen LogP contribution >= 0.6 is 11.3 Å². The Morgan fingerprint density at radius 2 is 1.55 bits per heavy atom. The molecular formula is C22H27N5OS. The molecule has 0 bridgehead atoms. The number of morpholine rings is 1. The van der Waals surface area contributed by atoms with Crippen LogP contribution in [0.2, 0.25) is 0 Å². The fourth-order valence-corrected chi connectivity index (χ4v) is 6.37. The van der Waals surface area contributed by atoms with Gasteiger partial charge in [-0.3, -0.25) is 0 Å². The van der Waals surface area contributed by atoms with Gasteiger partial charge in [0.25, 0.3) is 0 Å². The van der Waals surface area contributed by atoms with Crippen molar-refractivity contribution in [2.75, 3.05) is 49.2 Å². The van der Waals surface area contributed by atoms with Crippen molar-refractivity contribution in [1.82, 2.24) is 15.0 Å². The standard InChI is InChI=1S/C22H27N5OS/c1-4-8-26(9-5-1)20-16-7-3-2-6-15(16)17-18-19(29-22(17)25-20)21(24-14-23-18)27-10-12-28-13-11-27/h14H,1-13H2. The van der Waals surface area contributed by atoms with E-state index in [1.807, 2.05) is 0 Å². The Morgan fingerprint density at radius 1 is 0.793 bits per heavy atom. The second kappa shape index (κ2) is 7.36. The van der Waals surface area contributed by atoms with Gasteiger partial charge in [0.1, 0.15) is 22.8 Å². The van der Waals surface area contributed by atoms with Gasteiger partial charge in [-0.1, -0.05) is 0 Å². The van der Waals surface area contributed by atoms with Crippen LogP contribution in [-0.4, -0.2) is 54.3 Å². The lowest BCUT2D eigenvalue weighted by Gasteiger charge is -2.31. The lowest BCUT2D eigenvalue weighted by molar-refractivity contribution is 0.122. The first-order valence-corrected chi connectivity index (χ1v) is 11.9. The molecule has 5 heterocycles. The van der Waals surface area contributed by atoms with Crippen molar-refractivity contribution in [2.45, 2.75) is 44.9 Å². The van der Waals surface area contributed by atoms with Crippen LogP contribution in [0.4, 0.5) is 11.6 Å². The zero-order valence-corrected chi connectivity index (χ0v) is 17.6. The fourth-order valence-electron chi connectivity index (χ4n) is 5.20. The van der Waals surface area contributed by atoms with Crippen LogP contribution < -0.4 is 9.80 Å². The van der Waals surface area contributed by atoms with Gasteiger partial charge in [-0.25, -0.2) is 15.0 Å². The third-order valence-corrected chi connectivity index (χ3v) is 7.72. The van der Waals surface area contributed by atoms with Crippen molar-refractivity contribution < 1.29 is 4.74 Å². The first-order chi connectivity index (χ1) is 14.4. The van der Waals surface area contributed by atoms with Crippen molar-refractivity contribution in [1.29, 1.82) is 0 Å². The summed E-state index contributed by atoms with van der Waals surface area (Å²) in [5.74, 6) is 2.32. The zero-order valence-electron chi connectivity index (χ0n) is 16.8. The molecule has 3 aliphatic rings. The second-order valence-corrected chi connectivity index (χ2v) is 9.40. The molecule has 0 saturated carbocycles. The maximum absolute atomic E-state index is 5.55. The highest BCUT2D eigenvalue weighted by Crippen LogP contribution is 2.43. The molecule has 0 atom stereocenters. The molecule has 0 radical (unpaired) electrons. The highest BCUT2D eigenvalue weighted by molar-refractivity contribution is 7.26. The number of rotatable bonds is 2. The summed E-state index contributed by atoms with van der Waals surface area (Å²) in [5, 5.41) is 1.30. The highest BCUT2D eigenvalue weighted by Gasteiger charge is 2.27. The van der Waals surface area contributed by atoms with Crippen molar-refractivity contribution in [2.24, 2.45) is 0 Å². The lowest BCUT2D eigenvalue weighted by atomic mass is 9.89. The molecule has 3 aromatic rings. The predicted octanol–water partition coefficient (Wildman–Crippen LogP) is 3.95. The number of aromatic nitrogens is 3. The smallest absolute Gasteiger partial charge is 0.150 e. The molecule has 0 aromatic carbocycles. The second-order valence-electron chi connectivity index (χ2n) is 8.40. The van der Waals surface area contributed by atoms with Crippen LogP contribution in [0.15, 0.2) is 6.33 Å². The first kappa shape index (κ1) is 17.8. The number of nitrogens with zero attached hydrogens (tertiary/aromatic N) is 5. The van der Waals surface area contributed by atoms with Gasteiger partial charge in [0, 0.05) is 31.6 Å². The van der Waals surface area contributed by atoms with E-state index in [1.165, 1.54) is 59.1 Å². The molecule has 0 spiro atoms. The highest BCUT2D eigenvalue weighted by atomic mass is 32.1. The quantitative estimate of drug-likeness (QED) is 0.639. The summed E-state index contributed by atoms with van der Waals surface area (Å²) < 4.78 is 6.74. The van der Waals surface area contributed by atoms with Crippen molar-refractivity contribution in [3.63, 3.8) is 0 Å². The van der Waals surface area contributed by atoms with Gasteiger partial charge in [0.2, 0.25) is 0 Å². The molecule has 7 heteroatoms. The molecule has 152 valence electrons. The van der Waals surface area contributed by atoms with Gasteiger partial charge < -0.3 is 14.5 Å². The zero-order chi connectivity index (χ0) is 19.2. The largest absolute Gasteiger partial charge is 0.378 e. The summed E-state index contributed by atoms with van der Waals surface area (Å²) in [7, 11) is 0. The molecule has 1 aliphatic carbocycles. The van der Waals surface area contributed by atoms with Gasteiger partial charge in [-0.2, -0.15) is 0 Å². The molecule has 0 amide bonds. The van der Waals surface area contributed by atoms with E-state index in [0.29, 0.717) is 0 Å². The number of hydrogen-bond acceptors (Lipinski definition) is 7. The predicted molar refractivity (Wildman–Crippen MR) is 118 cm³/mol. The minimum absolute atomic E-state index is 0.767. The van der Waals surface area contributed by atoms with Gasteiger partial charge in [-0.15, -0.1) is 11.3 Å². The van der Waals surface area contributed by atoms with E-state index < -0.39 is 0 Å². The van der Waals surface area contributed by atoms with E-state index in [4.69, 9.17) is 14.7 Å². The summed E-state index contributed by atoms with van der Waals surface area (Å²) in [6.45, 7) is 5.62. The Labute approximate surface area is 174 Å². The fraction of sp³-hybridized carbons (Fsp3) is 0.591. The number of thiophene rings is 1. The van der Waals surface area contributed by atoms with Crippen LogP contribution in [0.3, 0.4) is 0 Å². The number of fused-ring (bicyclic) bond motifs is 5. The normalized spacial score (nSPS) is 20.4. The number of pyridine rings is 1. The Hall–Kier alpha value is -1.99. The van der Waals surface area contributed by atoms with Crippen LogP contribution in [0.5, 0.6) is 0 Å². The summed E-state index contributed by atoms with van der Waals surface area (Å²) in [6.07, 6.45) is 10.5. The minimum atomic E-state index is 0.767. The molecular weight excluding hydrogens is 382 g/mol. The van der Waals surface area contributed by atoms with Crippen LogP contribution in [-0.2, 0) is 17.6 Å². The third kappa shape index (κ3) is 2.97. The third-order valence-electron chi connectivity index (χ3n) is 6.65. The first-order valence-electron chi connectivity index (χ1n) is 11.1. The number of piperidine rings is 1. The van der Waals surface area contributed by atoms with Gasteiger partial charge in [0.05, 0.1) is 23.4 Å². The average Bonchev–Trinajstić information content (AvgIpc) is 3.18. The van der Waals surface area contributed by atoms with E-state index in [9.17, 15) is 0 Å². The van der Waals surface area contributed by atoms with E-state index >= 15 is 0 Å². The van der Waals surface area contributed by atoms with Crippen LogP contribution in [0, 0.1) is 0 Å². The molecule has 29 heavy (non-hydrogen) atoms. The molecule has 3 aromatic heterocycles. The number of anilines is 2. The SMILES string of the molecule is c1nc(N2CCOCC2)c2sc3nc(N4CCCCC4)c4c(c3c2n1)CCCC4. The molecule has 0 N–H and O–H groups in total. The molecule has 2 saturated heterocycles. The molecule has 2 aliphatic heterocycles. The maximum Gasteiger partial charge on any atom is 0.150 e. The Morgan fingerprint density at radius 3 is 2.38 bits per heavy atom. The van der Waals surface area contributed by atoms with E-state index in [-0.39, 0.29) is 0 Å². The molecule has 2 fully saturated rings. The van der Waals surface area contributed by atoms with Gasteiger partial charge in [0.15, 0.2) is 0 Å².